The van der Waals surface area contributed by atoms with Crippen LogP contribution >= 0.6 is 27.5 Å². The molecule has 0 aliphatic carbocycles. The van der Waals surface area contributed by atoms with Crippen molar-refractivity contribution in [1.29, 1.82) is 0 Å². The molecular formula is C15H13BrClNO4S. The van der Waals surface area contributed by atoms with Gasteiger partial charge in [-0.15, -0.1) is 0 Å². The number of rotatable bonds is 5. The molecule has 5 nitrogen and oxygen atoms in total. The fourth-order valence-corrected chi connectivity index (χ4v) is 3.73. The van der Waals surface area contributed by atoms with Gasteiger partial charge < -0.3 is 5.11 Å². The monoisotopic (exact) mass is 417 g/mol. The van der Waals surface area contributed by atoms with Crippen LogP contribution < -0.4 is 4.31 Å². The summed E-state index contributed by atoms with van der Waals surface area (Å²) in [5, 5.41) is 9.48. The van der Waals surface area contributed by atoms with Crippen LogP contribution in [0.25, 0.3) is 0 Å². The van der Waals surface area contributed by atoms with E-state index in [1.165, 1.54) is 24.3 Å². The predicted molar refractivity (Wildman–Crippen MR) is 92.5 cm³/mol. The van der Waals surface area contributed by atoms with Crippen molar-refractivity contribution >= 4 is 49.2 Å². The van der Waals surface area contributed by atoms with Gasteiger partial charge in [0, 0.05) is 9.50 Å². The van der Waals surface area contributed by atoms with E-state index in [1.54, 1.807) is 25.1 Å². The van der Waals surface area contributed by atoms with Gasteiger partial charge in [-0.3, -0.25) is 9.10 Å². The van der Waals surface area contributed by atoms with Gasteiger partial charge in [0.25, 0.3) is 10.0 Å². The summed E-state index contributed by atoms with van der Waals surface area (Å²) in [6.45, 7) is 1.12. The molecule has 0 aliphatic rings. The molecule has 2 rings (SSSR count). The summed E-state index contributed by atoms with van der Waals surface area (Å²) in [6, 6.07) is 10.4. The third-order valence-electron chi connectivity index (χ3n) is 3.11. The van der Waals surface area contributed by atoms with E-state index in [2.05, 4.69) is 15.9 Å². The van der Waals surface area contributed by atoms with E-state index >= 15 is 0 Å². The largest absolute Gasteiger partial charge is 0.480 e. The Labute approximate surface area is 147 Å². The van der Waals surface area contributed by atoms with Crippen LogP contribution in [0.1, 0.15) is 5.56 Å². The molecule has 0 atom stereocenters. The van der Waals surface area contributed by atoms with Gasteiger partial charge in [0.2, 0.25) is 0 Å². The van der Waals surface area contributed by atoms with Crippen molar-refractivity contribution in [3.05, 3.63) is 57.5 Å². The maximum Gasteiger partial charge on any atom is 0.324 e. The standard InChI is InChI=1S/C15H13BrClNO4S/c1-10-8-12(4-7-14(10)16)18(9-15(19)20)23(21,22)13-5-2-11(17)3-6-13/h2-8H,9H2,1H3,(H,19,20). The normalized spacial score (nSPS) is 11.3. The van der Waals surface area contributed by atoms with Gasteiger partial charge in [-0.05, 0) is 55.0 Å². The third-order valence-corrected chi connectivity index (χ3v) is 6.04. The van der Waals surface area contributed by atoms with Gasteiger partial charge in [-0.1, -0.05) is 27.5 Å². The lowest BCUT2D eigenvalue weighted by atomic mass is 10.2. The fourth-order valence-electron chi connectivity index (χ4n) is 1.96. The summed E-state index contributed by atoms with van der Waals surface area (Å²) < 4.78 is 27.2. The average Bonchev–Trinajstić information content (AvgIpc) is 2.48. The molecule has 0 aromatic heterocycles. The first-order chi connectivity index (χ1) is 10.7. The first kappa shape index (κ1) is 17.8. The SMILES string of the molecule is Cc1cc(N(CC(=O)O)S(=O)(=O)c2ccc(Cl)cc2)ccc1Br. The third kappa shape index (κ3) is 4.04. The molecule has 0 fully saturated rings. The molecule has 1 N–H and O–H groups in total. The Hall–Kier alpha value is -1.57. The minimum Gasteiger partial charge on any atom is -0.480 e. The Balaban J connectivity index is 2.55. The number of aliphatic carboxylic acids is 1. The van der Waals surface area contributed by atoms with Crippen molar-refractivity contribution < 1.29 is 18.3 Å². The minimum absolute atomic E-state index is 0.0243. The Morgan fingerprint density at radius 3 is 2.35 bits per heavy atom. The van der Waals surface area contributed by atoms with Gasteiger partial charge in [0.1, 0.15) is 6.54 Å². The van der Waals surface area contributed by atoms with Crippen LogP contribution in [0.15, 0.2) is 51.8 Å². The molecule has 122 valence electrons. The first-order valence-corrected chi connectivity index (χ1v) is 9.09. The Kier molecular flexibility index (Phi) is 5.33. The molecule has 2 aromatic carbocycles. The second-order valence-electron chi connectivity index (χ2n) is 4.79. The molecule has 2 aromatic rings. The zero-order valence-electron chi connectivity index (χ0n) is 12.0. The number of carboxylic acids is 1. The number of hydrogen-bond donors (Lipinski definition) is 1. The number of sulfonamides is 1. The average molecular weight is 419 g/mol. The summed E-state index contributed by atoms with van der Waals surface area (Å²) in [6.07, 6.45) is 0. The van der Waals surface area contributed by atoms with E-state index in [4.69, 9.17) is 16.7 Å². The molecule has 8 heteroatoms. The zero-order valence-corrected chi connectivity index (χ0v) is 15.2. The number of carboxylic acid groups (broad SMARTS) is 1. The molecule has 0 spiro atoms. The maximum absolute atomic E-state index is 12.8. The van der Waals surface area contributed by atoms with E-state index in [-0.39, 0.29) is 10.6 Å². The van der Waals surface area contributed by atoms with Crippen LogP contribution in [0.5, 0.6) is 0 Å². The highest BCUT2D eigenvalue weighted by Crippen LogP contribution is 2.28. The summed E-state index contributed by atoms with van der Waals surface area (Å²) in [5.41, 5.74) is 1.08. The lowest BCUT2D eigenvalue weighted by molar-refractivity contribution is -0.135. The van der Waals surface area contributed by atoms with Crippen molar-refractivity contribution in [3.63, 3.8) is 0 Å². The summed E-state index contributed by atoms with van der Waals surface area (Å²) in [7, 11) is -4.02. The van der Waals surface area contributed by atoms with Gasteiger partial charge >= 0.3 is 5.97 Å². The molecular weight excluding hydrogens is 406 g/mol. The van der Waals surface area contributed by atoms with E-state index in [0.29, 0.717) is 5.02 Å². The van der Waals surface area contributed by atoms with Crippen LogP contribution in [-0.4, -0.2) is 26.0 Å². The molecule has 23 heavy (non-hydrogen) atoms. The lowest BCUT2D eigenvalue weighted by Gasteiger charge is -2.23. The summed E-state index contributed by atoms with van der Waals surface area (Å²) >= 11 is 9.11. The Bertz CT molecular complexity index is 837. The predicted octanol–water partition coefficient (Wildman–Crippen LogP) is 3.69. The van der Waals surface area contributed by atoms with E-state index < -0.39 is 22.5 Å². The number of anilines is 1. The molecule has 0 radical (unpaired) electrons. The summed E-state index contributed by atoms with van der Waals surface area (Å²) in [5.74, 6) is -1.25. The highest BCUT2D eigenvalue weighted by atomic mass is 79.9. The molecule has 0 bridgehead atoms. The number of aryl methyl sites for hydroxylation is 1. The number of hydrogen-bond acceptors (Lipinski definition) is 3. The second kappa shape index (κ2) is 6.90. The highest BCUT2D eigenvalue weighted by molar-refractivity contribution is 9.10. The number of halogens is 2. The van der Waals surface area contributed by atoms with Crippen molar-refractivity contribution in [2.24, 2.45) is 0 Å². The van der Waals surface area contributed by atoms with Crippen molar-refractivity contribution in [2.45, 2.75) is 11.8 Å². The molecule has 0 unspecified atom stereocenters. The van der Waals surface area contributed by atoms with Crippen LogP contribution in [0.2, 0.25) is 5.02 Å². The lowest BCUT2D eigenvalue weighted by Crippen LogP contribution is -2.35. The quantitative estimate of drug-likeness (QED) is 0.803. The second-order valence-corrected chi connectivity index (χ2v) is 7.95. The van der Waals surface area contributed by atoms with Gasteiger partial charge in [-0.2, -0.15) is 0 Å². The fraction of sp³-hybridized carbons (Fsp3) is 0.133. The van der Waals surface area contributed by atoms with Crippen LogP contribution in [-0.2, 0) is 14.8 Å². The van der Waals surface area contributed by atoms with Crippen LogP contribution in [0.3, 0.4) is 0 Å². The smallest absolute Gasteiger partial charge is 0.324 e. The molecule has 0 saturated carbocycles. The first-order valence-electron chi connectivity index (χ1n) is 6.48. The number of carbonyl (C=O) groups is 1. The van der Waals surface area contributed by atoms with E-state index in [9.17, 15) is 13.2 Å². The Morgan fingerprint density at radius 2 is 1.83 bits per heavy atom. The molecule has 0 aliphatic heterocycles. The molecule has 0 amide bonds. The highest BCUT2D eigenvalue weighted by Gasteiger charge is 2.27. The van der Waals surface area contributed by atoms with Crippen LogP contribution in [0, 0.1) is 6.92 Å². The van der Waals surface area contributed by atoms with E-state index in [0.717, 1.165) is 14.3 Å². The van der Waals surface area contributed by atoms with Crippen molar-refractivity contribution in [2.75, 3.05) is 10.8 Å². The molecule has 0 heterocycles. The Morgan fingerprint density at radius 1 is 1.22 bits per heavy atom. The topological polar surface area (TPSA) is 74.7 Å². The van der Waals surface area contributed by atoms with E-state index in [1.807, 2.05) is 0 Å². The number of nitrogens with zero attached hydrogens (tertiary/aromatic N) is 1. The molecule has 0 saturated heterocycles. The zero-order chi connectivity index (χ0) is 17.2. The summed E-state index contributed by atoms with van der Waals surface area (Å²) in [4.78, 5) is 11.1. The van der Waals surface area contributed by atoms with Gasteiger partial charge in [0.05, 0.1) is 10.6 Å². The van der Waals surface area contributed by atoms with Gasteiger partial charge in [-0.25, -0.2) is 8.42 Å². The van der Waals surface area contributed by atoms with Gasteiger partial charge in [0.15, 0.2) is 0 Å². The maximum atomic E-state index is 12.8. The number of benzene rings is 2. The van der Waals surface area contributed by atoms with Crippen molar-refractivity contribution in [3.8, 4) is 0 Å². The van der Waals surface area contributed by atoms with Crippen molar-refractivity contribution in [1.82, 2.24) is 0 Å². The minimum atomic E-state index is -4.02. The van der Waals surface area contributed by atoms with Crippen LogP contribution in [0.4, 0.5) is 5.69 Å².